The van der Waals surface area contributed by atoms with Gasteiger partial charge in [0.2, 0.25) is 0 Å². The predicted octanol–water partition coefficient (Wildman–Crippen LogP) is 3.40. The molecule has 0 saturated carbocycles. The zero-order valence-electron chi connectivity index (χ0n) is 12.3. The maximum atomic E-state index is 11.9. The highest BCUT2D eigenvalue weighted by Crippen LogP contribution is 2.29. The van der Waals surface area contributed by atoms with Crippen molar-refractivity contribution in [1.29, 1.82) is 0 Å². The number of nitrogens with zero attached hydrogens (tertiary/aromatic N) is 1. The molecule has 3 rings (SSSR count). The van der Waals surface area contributed by atoms with Gasteiger partial charge in [0.15, 0.2) is 27.6 Å². The molecule has 0 unspecified atom stereocenters. The molecule has 0 radical (unpaired) electrons. The smallest absolute Gasteiger partial charge is 0.363 e. The molecule has 0 fully saturated rings. The number of hydrogen-bond acceptors (Lipinski definition) is 6. The Hall–Kier alpha value is -2.54. The quantitative estimate of drug-likeness (QED) is 0.603. The minimum atomic E-state index is -0.540. The molecule has 0 aliphatic carbocycles. The third-order valence-electron chi connectivity index (χ3n) is 3.12. The average molecular weight is 378 g/mol. The van der Waals surface area contributed by atoms with Crippen molar-refractivity contribution < 1.29 is 23.4 Å². The second kappa shape index (κ2) is 6.29. The zero-order valence-corrected chi connectivity index (χ0v) is 13.9. The monoisotopic (exact) mass is 377 g/mol. The largest absolute Gasteiger partial charge is 0.493 e. The van der Waals surface area contributed by atoms with Crippen molar-refractivity contribution >= 4 is 33.9 Å². The predicted molar refractivity (Wildman–Crippen MR) is 86.6 cm³/mol. The van der Waals surface area contributed by atoms with Gasteiger partial charge in [-0.3, -0.25) is 0 Å². The number of ether oxygens (including phenoxy) is 3. The van der Waals surface area contributed by atoms with Crippen molar-refractivity contribution in [2.75, 3.05) is 14.2 Å². The Morgan fingerprint density at radius 1 is 1.13 bits per heavy atom. The third-order valence-corrected chi connectivity index (χ3v) is 3.54. The lowest BCUT2D eigenvalue weighted by atomic mass is 10.1. The summed E-state index contributed by atoms with van der Waals surface area (Å²) in [5.74, 6) is 1.14. The molecule has 0 saturated heterocycles. The van der Waals surface area contributed by atoms with E-state index in [0.717, 1.165) is 5.56 Å². The van der Waals surface area contributed by atoms with Gasteiger partial charge in [0.05, 0.1) is 14.2 Å². The second-order valence-corrected chi connectivity index (χ2v) is 5.34. The number of benzene rings is 1. The van der Waals surface area contributed by atoms with Gasteiger partial charge in [-0.2, -0.15) is 0 Å². The number of rotatable bonds is 4. The van der Waals surface area contributed by atoms with E-state index in [-0.39, 0.29) is 11.6 Å². The van der Waals surface area contributed by atoms with Crippen LogP contribution in [0.5, 0.6) is 11.5 Å². The van der Waals surface area contributed by atoms with Gasteiger partial charge in [0.25, 0.3) is 5.90 Å². The summed E-state index contributed by atoms with van der Waals surface area (Å²) in [6.07, 6.45) is 1.61. The molecule has 1 aliphatic rings. The van der Waals surface area contributed by atoms with Crippen LogP contribution in [-0.2, 0) is 9.53 Å². The molecule has 2 aromatic rings. The molecule has 1 aromatic carbocycles. The number of aliphatic imine (C=N–C) groups is 1. The van der Waals surface area contributed by atoms with Gasteiger partial charge in [-0.15, -0.1) is 0 Å². The molecule has 0 bridgehead atoms. The molecule has 1 aliphatic heterocycles. The number of carbonyl (C=O) groups excluding carboxylic acids is 1. The summed E-state index contributed by atoms with van der Waals surface area (Å²) in [6, 6.07) is 8.64. The highest BCUT2D eigenvalue weighted by Gasteiger charge is 2.26. The number of methoxy groups -OCH3 is 2. The molecule has 118 valence electrons. The van der Waals surface area contributed by atoms with E-state index in [1.54, 1.807) is 50.6 Å². The molecule has 7 heteroatoms. The Balaban J connectivity index is 1.93. The summed E-state index contributed by atoms with van der Waals surface area (Å²) in [5, 5.41) is 0. The van der Waals surface area contributed by atoms with Gasteiger partial charge in [-0.25, -0.2) is 9.79 Å². The first kappa shape index (κ1) is 15.4. The van der Waals surface area contributed by atoms with Gasteiger partial charge >= 0.3 is 5.97 Å². The highest BCUT2D eigenvalue weighted by atomic mass is 79.9. The molecule has 23 heavy (non-hydrogen) atoms. The van der Waals surface area contributed by atoms with Gasteiger partial charge < -0.3 is 18.6 Å². The Morgan fingerprint density at radius 2 is 1.91 bits per heavy atom. The molecule has 0 spiro atoms. The Bertz CT molecular complexity index is 822. The number of halogens is 1. The van der Waals surface area contributed by atoms with Crippen molar-refractivity contribution in [3.8, 4) is 11.5 Å². The molecule has 1 aromatic heterocycles. The van der Waals surface area contributed by atoms with Gasteiger partial charge in [0.1, 0.15) is 0 Å². The maximum absolute atomic E-state index is 11.9. The summed E-state index contributed by atoms with van der Waals surface area (Å²) < 4.78 is 21.4. The fourth-order valence-corrected chi connectivity index (χ4v) is 2.35. The Labute approximate surface area is 140 Å². The van der Waals surface area contributed by atoms with Crippen molar-refractivity contribution in [2.45, 2.75) is 0 Å². The summed E-state index contributed by atoms with van der Waals surface area (Å²) in [6.45, 7) is 0. The Morgan fingerprint density at radius 3 is 2.57 bits per heavy atom. The van der Waals surface area contributed by atoms with Gasteiger partial charge in [-0.05, 0) is 51.8 Å². The first-order chi connectivity index (χ1) is 11.1. The van der Waals surface area contributed by atoms with E-state index in [2.05, 4.69) is 20.9 Å². The lowest BCUT2D eigenvalue weighted by molar-refractivity contribution is -0.130. The topological polar surface area (TPSA) is 70.3 Å². The highest BCUT2D eigenvalue weighted by molar-refractivity contribution is 9.10. The van der Waals surface area contributed by atoms with Crippen LogP contribution in [0.3, 0.4) is 0 Å². The number of cyclic esters (lactones) is 1. The van der Waals surface area contributed by atoms with E-state index in [4.69, 9.17) is 18.6 Å². The fraction of sp³-hybridized carbons (Fsp3) is 0.125. The Kier molecular flexibility index (Phi) is 4.20. The van der Waals surface area contributed by atoms with Crippen LogP contribution in [0.2, 0.25) is 0 Å². The van der Waals surface area contributed by atoms with Crippen LogP contribution in [0.4, 0.5) is 0 Å². The minimum Gasteiger partial charge on any atom is -0.493 e. The van der Waals surface area contributed by atoms with Crippen LogP contribution in [0.1, 0.15) is 11.3 Å². The van der Waals surface area contributed by atoms with Crippen molar-refractivity contribution in [2.24, 2.45) is 4.99 Å². The fourth-order valence-electron chi connectivity index (χ4n) is 2.04. The van der Waals surface area contributed by atoms with Crippen LogP contribution >= 0.6 is 15.9 Å². The summed E-state index contributed by atoms with van der Waals surface area (Å²) >= 11 is 3.19. The summed E-state index contributed by atoms with van der Waals surface area (Å²) in [4.78, 5) is 16.1. The molecule has 6 nitrogen and oxygen atoms in total. The van der Waals surface area contributed by atoms with E-state index >= 15 is 0 Å². The van der Waals surface area contributed by atoms with Gasteiger partial charge in [0, 0.05) is 0 Å². The van der Waals surface area contributed by atoms with E-state index in [1.807, 2.05) is 0 Å². The maximum Gasteiger partial charge on any atom is 0.363 e. The molecule has 0 N–H and O–H groups in total. The van der Waals surface area contributed by atoms with Crippen LogP contribution in [0.15, 0.2) is 50.1 Å². The molecule has 2 heterocycles. The normalized spacial score (nSPS) is 15.5. The van der Waals surface area contributed by atoms with E-state index in [1.165, 1.54) is 0 Å². The van der Waals surface area contributed by atoms with E-state index in [0.29, 0.717) is 21.9 Å². The summed E-state index contributed by atoms with van der Waals surface area (Å²) in [5.41, 5.74) is 0.917. The molecular formula is C16H12BrNO5. The zero-order chi connectivity index (χ0) is 16.4. The van der Waals surface area contributed by atoms with Crippen molar-refractivity contribution in [3.63, 3.8) is 0 Å². The number of furan rings is 1. The SMILES string of the molecule is COc1ccc(/C=C2\N=C(c3ccc(Br)o3)OC2=O)cc1OC. The van der Waals surface area contributed by atoms with E-state index < -0.39 is 5.97 Å². The van der Waals surface area contributed by atoms with Gasteiger partial charge in [-0.1, -0.05) is 6.07 Å². The average Bonchev–Trinajstić information content (AvgIpc) is 3.13. The number of carbonyl (C=O) groups is 1. The first-order valence-electron chi connectivity index (χ1n) is 6.61. The van der Waals surface area contributed by atoms with E-state index in [9.17, 15) is 4.79 Å². The van der Waals surface area contributed by atoms with Crippen LogP contribution in [0, 0.1) is 0 Å². The number of hydrogen-bond donors (Lipinski definition) is 0. The molecular weight excluding hydrogens is 366 g/mol. The molecule has 0 amide bonds. The lowest BCUT2D eigenvalue weighted by Crippen LogP contribution is -2.04. The van der Waals surface area contributed by atoms with Crippen LogP contribution < -0.4 is 9.47 Å². The lowest BCUT2D eigenvalue weighted by Gasteiger charge is -2.07. The minimum absolute atomic E-state index is 0.132. The summed E-state index contributed by atoms with van der Waals surface area (Å²) in [7, 11) is 3.10. The number of esters is 1. The standard InChI is InChI=1S/C16H12BrNO5/c1-20-11-4-3-9(8-13(11)21-2)7-10-16(19)23-15(18-10)12-5-6-14(17)22-12/h3-8H,1-2H3/b10-7-. The second-order valence-electron chi connectivity index (χ2n) is 4.55. The van der Waals surface area contributed by atoms with Crippen LogP contribution in [0.25, 0.3) is 6.08 Å². The first-order valence-corrected chi connectivity index (χ1v) is 7.40. The molecule has 0 atom stereocenters. The van der Waals surface area contributed by atoms with Crippen LogP contribution in [-0.4, -0.2) is 26.1 Å². The van der Waals surface area contributed by atoms with Crippen molar-refractivity contribution in [3.05, 3.63) is 52.0 Å². The van der Waals surface area contributed by atoms with Crippen molar-refractivity contribution in [1.82, 2.24) is 0 Å². The third kappa shape index (κ3) is 3.14.